The molecular formula is C9H12ClN4NiO2S. The van der Waals surface area contributed by atoms with Crippen LogP contribution in [0.15, 0.2) is 11.3 Å². The maximum absolute atomic E-state index is 9.72. The molecule has 1 rings (SSSR count). The summed E-state index contributed by atoms with van der Waals surface area (Å²) in [4.78, 5) is 3.91. The number of hydrogen-bond acceptors (Lipinski definition) is 5. The number of nitrogens with two attached hydrogens (primary N) is 1. The molecular weight excluding hydrogens is 322 g/mol. The minimum absolute atomic E-state index is 0.0204. The van der Waals surface area contributed by atoms with Crippen molar-refractivity contribution in [3.8, 4) is 5.75 Å². The Balaban J connectivity index is 0.00000137. The van der Waals surface area contributed by atoms with E-state index in [-0.39, 0.29) is 17.5 Å². The quantitative estimate of drug-likeness (QED) is 0.277. The van der Waals surface area contributed by atoms with E-state index < -0.39 is 0 Å². The molecule has 0 aliphatic rings. The first-order valence-corrected chi connectivity index (χ1v) is 6.31. The normalized spacial score (nSPS) is 9.83. The molecule has 0 radical (unpaired) electrons. The monoisotopic (exact) mass is 333 g/mol. The van der Waals surface area contributed by atoms with Gasteiger partial charge in [0, 0.05) is 17.3 Å². The number of pyridine rings is 1. The summed E-state index contributed by atoms with van der Waals surface area (Å²) >= 11 is 7.91. The van der Waals surface area contributed by atoms with Gasteiger partial charge in [-0.05, 0) is 19.1 Å². The number of hydrogen-bond donors (Lipinski definition) is 4. The van der Waals surface area contributed by atoms with Crippen molar-refractivity contribution in [1.29, 1.82) is 0 Å². The van der Waals surface area contributed by atoms with E-state index in [1.54, 1.807) is 6.92 Å². The number of aliphatic hydroxyl groups excluding tert-OH is 1. The van der Waals surface area contributed by atoms with Gasteiger partial charge in [0.1, 0.15) is 5.75 Å². The van der Waals surface area contributed by atoms with Crippen LogP contribution < -0.4 is 11.2 Å². The fourth-order valence-corrected chi connectivity index (χ4v) is 1.14. The minimum atomic E-state index is -0.241. The van der Waals surface area contributed by atoms with E-state index >= 15 is 0 Å². The van der Waals surface area contributed by atoms with Crippen molar-refractivity contribution in [3.05, 3.63) is 23.0 Å². The Kier molecular flexibility index (Phi) is 8.57. The standard InChI is InChI=1S/C9H12N4O2S.ClH.Ni/c1-5-8(15)7(3-12-13-9(10)16)6(4-14)2-11-5;;/h2-3,14-15H,4H2,1H3,(H3,10,13,16);1H;/q;;+1/p-1/b12-3+;;. The van der Waals surface area contributed by atoms with Gasteiger partial charge in [0.25, 0.3) is 0 Å². The molecule has 0 unspecified atom stereocenters. The summed E-state index contributed by atoms with van der Waals surface area (Å²) in [6, 6.07) is 0. The van der Waals surface area contributed by atoms with Crippen LogP contribution in [-0.2, 0) is 21.2 Å². The summed E-state index contributed by atoms with van der Waals surface area (Å²) in [6.07, 6.45) is 2.80. The molecule has 0 saturated heterocycles. The molecule has 1 heterocycles. The Morgan fingerprint density at radius 3 is 2.83 bits per heavy atom. The van der Waals surface area contributed by atoms with Crippen LogP contribution in [0.3, 0.4) is 0 Å². The molecule has 1 aromatic rings. The van der Waals surface area contributed by atoms with Crippen LogP contribution in [0.25, 0.3) is 0 Å². The fraction of sp³-hybridized carbons (Fsp3) is 0.222. The molecule has 0 aliphatic carbocycles. The van der Waals surface area contributed by atoms with Gasteiger partial charge in [-0.25, -0.2) is 0 Å². The van der Waals surface area contributed by atoms with Crippen LogP contribution in [0.1, 0.15) is 16.8 Å². The Morgan fingerprint density at radius 1 is 1.72 bits per heavy atom. The van der Waals surface area contributed by atoms with Crippen molar-refractivity contribution in [2.75, 3.05) is 0 Å². The van der Waals surface area contributed by atoms with Gasteiger partial charge < -0.3 is 15.9 Å². The maximum atomic E-state index is 9.72. The number of aromatic hydroxyl groups is 1. The van der Waals surface area contributed by atoms with Gasteiger partial charge in [-0.2, -0.15) is 5.10 Å². The van der Waals surface area contributed by atoms with Crippen molar-refractivity contribution in [2.45, 2.75) is 13.5 Å². The second-order valence-corrected chi connectivity index (χ2v) is 3.46. The third kappa shape index (κ3) is 5.14. The number of aryl methyl sites for hydroxylation is 1. The molecule has 6 nitrogen and oxygen atoms in total. The molecule has 0 aliphatic heterocycles. The summed E-state index contributed by atoms with van der Waals surface area (Å²) in [7, 11) is 4.26. The fourth-order valence-electron chi connectivity index (χ4n) is 1.08. The van der Waals surface area contributed by atoms with E-state index in [0.29, 0.717) is 16.8 Å². The number of aromatic nitrogens is 1. The van der Waals surface area contributed by atoms with Crippen LogP contribution in [0.4, 0.5) is 0 Å². The molecule has 103 valence electrons. The van der Waals surface area contributed by atoms with Crippen molar-refractivity contribution >= 4 is 33.7 Å². The van der Waals surface area contributed by atoms with Crippen LogP contribution >= 0.6 is 22.4 Å². The first-order valence-electron chi connectivity index (χ1n) is 4.55. The zero-order valence-electron chi connectivity index (χ0n) is 9.33. The third-order valence-electron chi connectivity index (χ3n) is 1.90. The number of rotatable bonds is 3. The van der Waals surface area contributed by atoms with Crippen LogP contribution in [0, 0.1) is 6.92 Å². The molecule has 5 N–H and O–H groups in total. The Morgan fingerprint density at radius 2 is 2.33 bits per heavy atom. The number of nitrogens with one attached hydrogen (secondary N) is 1. The van der Waals surface area contributed by atoms with Gasteiger partial charge in [0.05, 0.1) is 18.5 Å². The summed E-state index contributed by atoms with van der Waals surface area (Å²) in [5.41, 5.74) is 8.84. The number of thiocarbonyl (C=S) groups is 1. The molecule has 1 aromatic heterocycles. The van der Waals surface area contributed by atoms with Gasteiger partial charge in [-0.15, -0.1) is 0 Å². The Bertz CT molecular complexity index is 445. The van der Waals surface area contributed by atoms with Crippen LogP contribution in [-0.4, -0.2) is 26.5 Å². The van der Waals surface area contributed by atoms with E-state index in [4.69, 9.17) is 10.8 Å². The molecule has 0 fully saturated rings. The SMILES string of the molecule is Cc1ncc(CO)c(/C=N/NC(N)=S)c1O.[Cl][Ni]. The molecule has 0 bridgehead atoms. The second kappa shape index (κ2) is 9.05. The molecule has 0 amide bonds. The number of hydrazone groups is 1. The topological polar surface area (TPSA) is 104 Å². The predicted octanol–water partition coefficient (Wildman–Crippen LogP) is 0.442. The van der Waals surface area contributed by atoms with Gasteiger partial charge in [0.15, 0.2) is 5.11 Å². The third-order valence-corrected chi connectivity index (χ3v) is 1.99. The van der Waals surface area contributed by atoms with Gasteiger partial charge in [-0.1, -0.05) is 0 Å². The Hall–Kier alpha value is -0.946. The van der Waals surface area contributed by atoms with Gasteiger partial charge >= 0.3 is 24.8 Å². The molecule has 0 atom stereocenters. The first-order chi connectivity index (χ1) is 8.56. The number of halogens is 1. The molecule has 0 saturated carbocycles. The van der Waals surface area contributed by atoms with E-state index in [2.05, 4.69) is 52.5 Å². The van der Waals surface area contributed by atoms with Crippen LogP contribution in [0.5, 0.6) is 5.75 Å². The van der Waals surface area contributed by atoms with Gasteiger partial charge in [-0.3, -0.25) is 10.4 Å². The van der Waals surface area contributed by atoms with Crippen molar-refractivity contribution in [1.82, 2.24) is 10.4 Å². The zero-order valence-corrected chi connectivity index (χ0v) is 11.9. The van der Waals surface area contributed by atoms with E-state index in [1.165, 1.54) is 12.4 Å². The Labute approximate surface area is 122 Å². The molecule has 18 heavy (non-hydrogen) atoms. The molecule has 0 aromatic carbocycles. The summed E-state index contributed by atoms with van der Waals surface area (Å²) < 4.78 is 0. The zero-order chi connectivity index (χ0) is 14.1. The summed E-state index contributed by atoms with van der Waals surface area (Å²) in [6.45, 7) is 1.41. The number of nitrogens with zero attached hydrogens (tertiary/aromatic N) is 2. The second-order valence-electron chi connectivity index (χ2n) is 3.02. The van der Waals surface area contributed by atoms with Gasteiger partial charge in [0.2, 0.25) is 0 Å². The molecule has 9 heteroatoms. The summed E-state index contributed by atoms with van der Waals surface area (Å²) in [5.74, 6) is -0.0277. The first kappa shape index (κ1) is 17.1. The summed E-state index contributed by atoms with van der Waals surface area (Å²) in [5, 5.41) is 22.5. The van der Waals surface area contributed by atoms with E-state index in [1.807, 2.05) is 0 Å². The van der Waals surface area contributed by atoms with Crippen LogP contribution in [0.2, 0.25) is 0 Å². The van der Waals surface area contributed by atoms with Crippen molar-refractivity contribution < 1.29 is 24.8 Å². The molecule has 0 spiro atoms. The van der Waals surface area contributed by atoms with Crippen molar-refractivity contribution in [3.63, 3.8) is 0 Å². The average Bonchev–Trinajstić information content (AvgIpc) is 2.37. The van der Waals surface area contributed by atoms with E-state index in [9.17, 15) is 5.11 Å². The predicted molar refractivity (Wildman–Crippen MR) is 69.9 cm³/mol. The van der Waals surface area contributed by atoms with E-state index in [0.717, 1.165) is 0 Å². The average molecular weight is 334 g/mol. The van der Waals surface area contributed by atoms with Crippen molar-refractivity contribution in [2.24, 2.45) is 10.8 Å². The number of aliphatic hydroxyl groups is 1.